The van der Waals surface area contributed by atoms with Gasteiger partial charge in [-0.2, -0.15) is 0 Å². The van der Waals surface area contributed by atoms with Gasteiger partial charge in [0.2, 0.25) is 5.91 Å². The quantitative estimate of drug-likeness (QED) is 0.471. The third-order valence-electron chi connectivity index (χ3n) is 6.85. The number of piperazine rings is 1. The molecule has 0 spiro atoms. The van der Waals surface area contributed by atoms with Crippen LogP contribution < -0.4 is 5.32 Å². The molecule has 5 rings (SSSR count). The molecule has 1 N–H and O–H groups in total. The Balaban J connectivity index is 0.000000417. The summed E-state index contributed by atoms with van der Waals surface area (Å²) in [6, 6.07) is 22.2. The number of hydrogen-bond donors (Lipinski definition) is 1. The number of amides is 2. The Hall–Kier alpha value is -3.78. The molecule has 200 valence electrons. The van der Waals surface area contributed by atoms with Crippen molar-refractivity contribution in [3.05, 3.63) is 96.1 Å². The fourth-order valence-electron chi connectivity index (χ4n) is 4.60. The van der Waals surface area contributed by atoms with Crippen molar-refractivity contribution in [1.29, 1.82) is 0 Å². The van der Waals surface area contributed by atoms with Crippen molar-refractivity contribution in [1.82, 2.24) is 15.1 Å². The van der Waals surface area contributed by atoms with Crippen molar-refractivity contribution >= 4 is 12.0 Å². The highest BCUT2D eigenvalue weighted by molar-refractivity contribution is 5.78. The minimum Gasteiger partial charge on any atom is -0.446 e. The van der Waals surface area contributed by atoms with Gasteiger partial charge in [-0.1, -0.05) is 54.6 Å². The molecule has 2 fully saturated rings. The minimum absolute atomic E-state index is 0.0531. The van der Waals surface area contributed by atoms with Gasteiger partial charge in [0.15, 0.2) is 0 Å². The van der Waals surface area contributed by atoms with Gasteiger partial charge in [-0.15, -0.1) is 0 Å². The molecule has 2 aliphatic rings. The second-order valence-corrected chi connectivity index (χ2v) is 9.50. The largest absolute Gasteiger partial charge is 0.446 e. The highest BCUT2D eigenvalue weighted by Crippen LogP contribution is 2.28. The third-order valence-corrected chi connectivity index (χ3v) is 6.85. The zero-order valence-corrected chi connectivity index (χ0v) is 21.5. The Kier molecular flexibility index (Phi) is 9.43. The number of halogens is 2. The molecule has 2 aliphatic heterocycles. The van der Waals surface area contributed by atoms with E-state index in [0.29, 0.717) is 19.6 Å². The molecular weight excluding hydrogens is 488 g/mol. The molecule has 2 unspecified atom stereocenters. The van der Waals surface area contributed by atoms with E-state index in [0.717, 1.165) is 42.6 Å². The van der Waals surface area contributed by atoms with Gasteiger partial charge in [0.05, 0.1) is 12.6 Å². The molecule has 2 heterocycles. The van der Waals surface area contributed by atoms with E-state index < -0.39 is 0 Å². The van der Waals surface area contributed by atoms with Crippen molar-refractivity contribution in [2.24, 2.45) is 0 Å². The smallest absolute Gasteiger partial charge is 0.410 e. The van der Waals surface area contributed by atoms with Crippen LogP contribution in [0.4, 0.5) is 13.6 Å². The minimum atomic E-state index is -0.289. The highest BCUT2D eigenvalue weighted by Gasteiger charge is 2.31. The molecule has 2 saturated heterocycles. The lowest BCUT2D eigenvalue weighted by Gasteiger charge is -2.36. The van der Waals surface area contributed by atoms with E-state index in [2.05, 4.69) is 10.2 Å². The van der Waals surface area contributed by atoms with Crippen LogP contribution in [0.1, 0.15) is 31.4 Å². The van der Waals surface area contributed by atoms with Crippen LogP contribution in [0, 0.1) is 11.6 Å². The van der Waals surface area contributed by atoms with Gasteiger partial charge in [0.25, 0.3) is 0 Å². The maximum Gasteiger partial charge on any atom is 0.410 e. The van der Waals surface area contributed by atoms with Gasteiger partial charge in [0, 0.05) is 32.6 Å². The number of cyclic esters (lactones) is 1. The van der Waals surface area contributed by atoms with Gasteiger partial charge in [-0.3, -0.25) is 9.69 Å². The summed E-state index contributed by atoms with van der Waals surface area (Å²) in [5.41, 5.74) is 2.98. The normalized spacial score (nSPS) is 18.6. The summed E-state index contributed by atoms with van der Waals surface area (Å²) < 4.78 is 30.7. The first kappa shape index (κ1) is 27.3. The molecule has 0 aromatic heterocycles. The van der Waals surface area contributed by atoms with Crippen LogP contribution in [0.5, 0.6) is 0 Å². The Bertz CT molecular complexity index is 1190. The van der Waals surface area contributed by atoms with Crippen LogP contribution in [0.2, 0.25) is 0 Å². The van der Waals surface area contributed by atoms with Gasteiger partial charge in [-0.25, -0.2) is 13.6 Å². The predicted molar refractivity (Wildman–Crippen MR) is 142 cm³/mol. The summed E-state index contributed by atoms with van der Waals surface area (Å²) in [5, 5.41) is 2.82. The first-order valence-electron chi connectivity index (χ1n) is 12.9. The zero-order valence-electron chi connectivity index (χ0n) is 21.5. The molecule has 8 heteroatoms. The third kappa shape index (κ3) is 7.61. The first-order valence-corrected chi connectivity index (χ1v) is 12.9. The fraction of sp³-hybridized carbons (Fsp3) is 0.333. The molecule has 0 aliphatic carbocycles. The van der Waals surface area contributed by atoms with Crippen LogP contribution in [-0.2, 0) is 9.53 Å². The summed E-state index contributed by atoms with van der Waals surface area (Å²) in [6.07, 6.45) is 1.13. The summed E-state index contributed by atoms with van der Waals surface area (Å²) in [5.74, 6) is -0.378. The summed E-state index contributed by atoms with van der Waals surface area (Å²) >= 11 is 0. The van der Waals surface area contributed by atoms with E-state index in [1.54, 1.807) is 35.2 Å². The SMILES string of the molecule is CC(c1ccc(-c2ccc(F)cc2)cc1)N1CCC(CCN2CCNC(=O)C2)OC1=O.Fc1ccccc1. The van der Waals surface area contributed by atoms with Crippen molar-refractivity contribution in [3.63, 3.8) is 0 Å². The van der Waals surface area contributed by atoms with Crippen LogP contribution in [-0.4, -0.2) is 60.6 Å². The number of benzene rings is 3. The second-order valence-electron chi connectivity index (χ2n) is 9.50. The van der Waals surface area contributed by atoms with Crippen molar-refractivity contribution < 1.29 is 23.1 Å². The van der Waals surface area contributed by atoms with Crippen molar-refractivity contribution in [2.75, 3.05) is 32.7 Å². The monoisotopic (exact) mass is 521 g/mol. The Labute approximate surface area is 222 Å². The van der Waals surface area contributed by atoms with Crippen LogP contribution in [0.15, 0.2) is 78.9 Å². The summed E-state index contributed by atoms with van der Waals surface area (Å²) in [7, 11) is 0. The van der Waals surface area contributed by atoms with E-state index in [-0.39, 0.29) is 35.8 Å². The number of nitrogens with one attached hydrogen (secondary N) is 1. The number of hydrogen-bond acceptors (Lipinski definition) is 4. The molecule has 0 radical (unpaired) electrons. The van der Waals surface area contributed by atoms with Crippen LogP contribution in [0.25, 0.3) is 11.1 Å². The Morgan fingerprint density at radius 1 is 0.895 bits per heavy atom. The molecule has 2 atom stereocenters. The number of rotatable bonds is 6. The van der Waals surface area contributed by atoms with Gasteiger partial charge >= 0.3 is 6.09 Å². The first-order chi connectivity index (χ1) is 18.4. The molecule has 6 nitrogen and oxygen atoms in total. The lowest BCUT2D eigenvalue weighted by atomic mass is 10.00. The van der Waals surface area contributed by atoms with E-state index in [1.807, 2.05) is 31.2 Å². The van der Waals surface area contributed by atoms with Gasteiger partial charge < -0.3 is 15.0 Å². The van der Waals surface area contributed by atoms with E-state index >= 15 is 0 Å². The van der Waals surface area contributed by atoms with Crippen molar-refractivity contribution in [2.45, 2.75) is 31.9 Å². The summed E-state index contributed by atoms with van der Waals surface area (Å²) in [6.45, 7) is 5.33. The van der Waals surface area contributed by atoms with E-state index in [4.69, 9.17) is 4.74 Å². The molecular formula is C30H33F2N3O3. The maximum atomic E-state index is 13.1. The molecule has 3 aromatic carbocycles. The van der Waals surface area contributed by atoms with Crippen LogP contribution in [0.3, 0.4) is 0 Å². The standard InChI is InChI=1S/C24H28FN3O3.C6H5F/c1-17(18-2-4-19(5-3-18)20-6-8-21(25)9-7-20)28-14-11-22(31-24(28)30)10-13-27-15-12-26-23(29)16-27;7-6-4-2-1-3-5-6/h2-9,17,22H,10-16H2,1H3,(H,26,29);1-5H. The highest BCUT2D eigenvalue weighted by atomic mass is 19.1. The number of ether oxygens (including phenoxy) is 1. The molecule has 2 amide bonds. The topological polar surface area (TPSA) is 61.9 Å². The zero-order chi connectivity index (χ0) is 26.9. The number of carbonyl (C=O) groups excluding carboxylic acids is 2. The summed E-state index contributed by atoms with van der Waals surface area (Å²) in [4.78, 5) is 28.0. The molecule has 0 saturated carbocycles. The van der Waals surface area contributed by atoms with Crippen molar-refractivity contribution in [3.8, 4) is 11.1 Å². The van der Waals surface area contributed by atoms with Gasteiger partial charge in [0.1, 0.15) is 17.7 Å². The Morgan fingerprint density at radius 3 is 2.11 bits per heavy atom. The number of carbonyl (C=O) groups is 2. The Morgan fingerprint density at radius 2 is 1.53 bits per heavy atom. The molecule has 0 bridgehead atoms. The van der Waals surface area contributed by atoms with Gasteiger partial charge in [-0.05, 0) is 54.3 Å². The molecule has 3 aromatic rings. The maximum absolute atomic E-state index is 13.1. The molecule has 38 heavy (non-hydrogen) atoms. The average Bonchev–Trinajstić information content (AvgIpc) is 2.93. The second kappa shape index (κ2) is 13.1. The number of nitrogens with zero attached hydrogens (tertiary/aromatic N) is 2. The fourth-order valence-corrected chi connectivity index (χ4v) is 4.60. The van der Waals surface area contributed by atoms with E-state index in [9.17, 15) is 18.4 Å². The lowest BCUT2D eigenvalue weighted by molar-refractivity contribution is -0.124. The van der Waals surface area contributed by atoms with Crippen LogP contribution >= 0.6 is 0 Å². The van der Waals surface area contributed by atoms with E-state index in [1.165, 1.54) is 24.3 Å². The lowest BCUT2D eigenvalue weighted by Crippen LogP contribution is -2.49. The predicted octanol–water partition coefficient (Wildman–Crippen LogP) is 5.41. The average molecular weight is 522 g/mol.